The first-order valence-corrected chi connectivity index (χ1v) is 6.49. The van der Waals surface area contributed by atoms with Crippen LogP contribution in [0.25, 0.3) is 0 Å². The van der Waals surface area contributed by atoms with Crippen LogP contribution in [0.5, 0.6) is 0 Å². The van der Waals surface area contributed by atoms with Crippen LogP contribution < -0.4 is 5.32 Å². The van der Waals surface area contributed by atoms with E-state index >= 15 is 0 Å². The van der Waals surface area contributed by atoms with E-state index in [1.54, 1.807) is 12.1 Å². The molecule has 1 atom stereocenters. The Labute approximate surface area is 117 Å². The highest BCUT2D eigenvalue weighted by Gasteiger charge is 2.38. The van der Waals surface area contributed by atoms with Crippen LogP contribution >= 0.6 is 0 Å². The molecule has 0 fully saturated rings. The van der Waals surface area contributed by atoms with E-state index in [1.165, 1.54) is 6.20 Å². The Kier molecular flexibility index (Phi) is 2.71. The second-order valence-electron chi connectivity index (χ2n) is 5.15. The predicted molar refractivity (Wildman–Crippen MR) is 75.5 cm³/mol. The molecule has 1 unspecified atom stereocenters. The molecule has 1 N–H and O–H groups in total. The molecule has 0 bridgehead atoms. The zero-order valence-electron chi connectivity index (χ0n) is 11.6. The van der Waals surface area contributed by atoms with E-state index in [2.05, 4.69) is 10.3 Å². The van der Waals surface area contributed by atoms with E-state index in [9.17, 15) is 9.59 Å². The molecule has 0 radical (unpaired) electrons. The first-order chi connectivity index (χ1) is 9.49. The van der Waals surface area contributed by atoms with Crippen molar-refractivity contribution in [3.05, 3.63) is 46.9 Å². The number of fused-ring (bicyclic) bond motifs is 1. The smallest absolute Gasteiger partial charge is 0.267 e. The predicted octanol–water partition coefficient (Wildman–Crippen LogP) is 1.84. The number of carbonyl (C=O) groups excluding carboxylic acids is 2. The summed E-state index contributed by atoms with van der Waals surface area (Å²) in [4.78, 5) is 30.2. The molecule has 0 aromatic heterocycles. The van der Waals surface area contributed by atoms with Crippen LogP contribution in [0.15, 0.2) is 35.2 Å². The fourth-order valence-corrected chi connectivity index (χ4v) is 2.33. The van der Waals surface area contributed by atoms with Crippen LogP contribution in [0.3, 0.4) is 0 Å². The average Bonchev–Trinajstić information content (AvgIpc) is 2.65. The van der Waals surface area contributed by atoms with Gasteiger partial charge in [-0.25, -0.2) is 4.90 Å². The first-order valence-electron chi connectivity index (χ1n) is 6.49. The van der Waals surface area contributed by atoms with E-state index in [-0.39, 0.29) is 17.9 Å². The first kappa shape index (κ1) is 12.6. The maximum absolute atomic E-state index is 12.4. The van der Waals surface area contributed by atoms with Crippen molar-refractivity contribution in [1.29, 1.82) is 0 Å². The molecule has 3 rings (SSSR count). The van der Waals surface area contributed by atoms with Crippen molar-refractivity contribution in [2.45, 2.75) is 26.8 Å². The molecule has 5 heteroatoms. The number of rotatable bonds is 1. The molecule has 0 aliphatic carbocycles. The van der Waals surface area contributed by atoms with Gasteiger partial charge in [-0.2, -0.15) is 0 Å². The molecular weight excluding hydrogens is 254 g/mol. The van der Waals surface area contributed by atoms with Crippen LogP contribution in [-0.2, 0) is 0 Å². The lowest BCUT2D eigenvalue weighted by Crippen LogP contribution is -2.43. The molecule has 0 saturated heterocycles. The van der Waals surface area contributed by atoms with Gasteiger partial charge in [-0.05, 0) is 32.9 Å². The van der Waals surface area contributed by atoms with Gasteiger partial charge in [-0.15, -0.1) is 0 Å². The van der Waals surface area contributed by atoms with Gasteiger partial charge in [0, 0.05) is 5.71 Å². The molecule has 2 amide bonds. The van der Waals surface area contributed by atoms with E-state index in [0.717, 1.165) is 16.2 Å². The lowest BCUT2D eigenvalue weighted by atomic mass is 10.1. The topological polar surface area (TPSA) is 61.8 Å². The number of carbonyl (C=O) groups is 2. The Bertz CT molecular complexity index is 688. The Morgan fingerprint density at radius 2 is 1.85 bits per heavy atom. The van der Waals surface area contributed by atoms with E-state index in [4.69, 9.17) is 0 Å². The maximum atomic E-state index is 12.4. The molecule has 1 aromatic rings. The highest BCUT2D eigenvalue weighted by molar-refractivity contribution is 6.22. The SMILES string of the molecule is CC1=NC=C(N2C(=O)c3ccc(C)cc3C2=O)NC1C. The largest absolute Gasteiger partial charge is 0.362 e. The maximum Gasteiger partial charge on any atom is 0.267 e. The number of amides is 2. The molecule has 2 aliphatic heterocycles. The molecule has 2 heterocycles. The van der Waals surface area contributed by atoms with Crippen molar-refractivity contribution >= 4 is 17.5 Å². The third-order valence-corrected chi connectivity index (χ3v) is 3.66. The average molecular weight is 269 g/mol. The molecule has 102 valence electrons. The summed E-state index contributed by atoms with van der Waals surface area (Å²) in [6, 6.07) is 5.28. The number of aryl methyl sites for hydroxylation is 1. The molecular formula is C15H15N3O2. The minimum absolute atomic E-state index is 0.000971. The second kappa shape index (κ2) is 4.30. The number of nitrogens with one attached hydrogen (secondary N) is 1. The molecule has 1 aromatic carbocycles. The third-order valence-electron chi connectivity index (χ3n) is 3.66. The van der Waals surface area contributed by atoms with Crippen molar-refractivity contribution in [2.24, 2.45) is 4.99 Å². The summed E-state index contributed by atoms with van der Waals surface area (Å²) in [7, 11) is 0. The van der Waals surface area contributed by atoms with Crippen LogP contribution in [0.2, 0.25) is 0 Å². The van der Waals surface area contributed by atoms with Crippen LogP contribution in [0.1, 0.15) is 40.1 Å². The van der Waals surface area contributed by atoms with Gasteiger partial charge in [0.25, 0.3) is 11.8 Å². The fourth-order valence-electron chi connectivity index (χ4n) is 2.33. The Morgan fingerprint density at radius 1 is 1.15 bits per heavy atom. The molecule has 2 aliphatic rings. The van der Waals surface area contributed by atoms with Gasteiger partial charge >= 0.3 is 0 Å². The van der Waals surface area contributed by atoms with Crippen molar-refractivity contribution < 1.29 is 9.59 Å². The summed E-state index contributed by atoms with van der Waals surface area (Å²) in [6.07, 6.45) is 1.53. The quantitative estimate of drug-likeness (QED) is 0.791. The van der Waals surface area contributed by atoms with Gasteiger partial charge in [0.15, 0.2) is 0 Å². The van der Waals surface area contributed by atoms with Crippen molar-refractivity contribution in [1.82, 2.24) is 10.2 Å². The Hall–Kier alpha value is -2.43. The minimum atomic E-state index is -0.300. The van der Waals surface area contributed by atoms with Crippen molar-refractivity contribution in [3.63, 3.8) is 0 Å². The monoisotopic (exact) mass is 269 g/mol. The van der Waals surface area contributed by atoms with Crippen LogP contribution in [-0.4, -0.2) is 28.5 Å². The highest BCUT2D eigenvalue weighted by atomic mass is 16.2. The summed E-state index contributed by atoms with van der Waals surface area (Å²) in [5, 5.41) is 3.13. The number of aliphatic imine (C=N–C) groups is 1. The number of hydrogen-bond donors (Lipinski definition) is 1. The number of hydrogen-bond acceptors (Lipinski definition) is 4. The summed E-state index contributed by atoms with van der Waals surface area (Å²) in [6.45, 7) is 5.74. The zero-order valence-corrected chi connectivity index (χ0v) is 11.6. The van der Waals surface area contributed by atoms with Gasteiger partial charge in [0.1, 0.15) is 5.82 Å². The summed E-state index contributed by atoms with van der Waals surface area (Å²) < 4.78 is 0. The highest BCUT2D eigenvalue weighted by Crippen LogP contribution is 2.27. The summed E-state index contributed by atoms with van der Waals surface area (Å²) >= 11 is 0. The number of benzene rings is 1. The third kappa shape index (κ3) is 1.74. The van der Waals surface area contributed by atoms with Gasteiger partial charge in [0.05, 0.1) is 23.4 Å². The van der Waals surface area contributed by atoms with Crippen molar-refractivity contribution in [2.75, 3.05) is 0 Å². The molecule has 0 saturated carbocycles. The van der Waals surface area contributed by atoms with Gasteiger partial charge < -0.3 is 5.32 Å². The summed E-state index contributed by atoms with van der Waals surface area (Å²) in [5.74, 6) is -0.160. The molecule has 20 heavy (non-hydrogen) atoms. The lowest BCUT2D eigenvalue weighted by Gasteiger charge is -2.25. The number of imide groups is 1. The van der Waals surface area contributed by atoms with Gasteiger partial charge in [-0.1, -0.05) is 11.6 Å². The van der Waals surface area contributed by atoms with Gasteiger partial charge in [-0.3, -0.25) is 14.6 Å². The van der Waals surface area contributed by atoms with Crippen LogP contribution in [0.4, 0.5) is 0 Å². The van der Waals surface area contributed by atoms with E-state index in [1.807, 2.05) is 26.8 Å². The Balaban J connectivity index is 2.03. The lowest BCUT2D eigenvalue weighted by molar-refractivity contribution is 0.0692. The second-order valence-corrected chi connectivity index (χ2v) is 5.15. The summed E-state index contributed by atoms with van der Waals surface area (Å²) in [5.41, 5.74) is 2.78. The minimum Gasteiger partial charge on any atom is -0.362 e. The van der Waals surface area contributed by atoms with Gasteiger partial charge in [0.2, 0.25) is 0 Å². The fraction of sp³-hybridized carbons (Fsp3) is 0.267. The Morgan fingerprint density at radius 3 is 2.55 bits per heavy atom. The van der Waals surface area contributed by atoms with E-state index < -0.39 is 0 Å². The zero-order chi connectivity index (χ0) is 14.4. The van der Waals surface area contributed by atoms with E-state index in [0.29, 0.717) is 16.9 Å². The standard InChI is InChI=1S/C15H15N3O2/c1-8-4-5-11-12(6-8)15(20)18(14(11)19)13-7-16-9(2)10(3)17-13/h4-7,10,17H,1-3H3. The van der Waals surface area contributed by atoms with Crippen molar-refractivity contribution in [3.8, 4) is 0 Å². The molecule has 5 nitrogen and oxygen atoms in total. The number of nitrogens with zero attached hydrogens (tertiary/aromatic N) is 2. The normalized spacial score (nSPS) is 21.4. The molecule has 0 spiro atoms. The van der Waals surface area contributed by atoms with Crippen LogP contribution in [0, 0.1) is 6.92 Å².